The number of allylic oxidation sites excluding steroid dienone is 1. The molecule has 2 aromatic carbocycles. The summed E-state index contributed by atoms with van der Waals surface area (Å²) >= 11 is 0. The summed E-state index contributed by atoms with van der Waals surface area (Å²) in [5.41, 5.74) is 4.92. The van der Waals surface area contributed by atoms with E-state index in [1.54, 1.807) is 0 Å². The molecule has 0 amide bonds. The molecule has 0 bridgehead atoms. The van der Waals surface area contributed by atoms with Gasteiger partial charge in [0.05, 0.1) is 11.1 Å². The van der Waals surface area contributed by atoms with Crippen molar-refractivity contribution in [2.75, 3.05) is 0 Å². The van der Waals surface area contributed by atoms with Gasteiger partial charge in [0, 0.05) is 6.07 Å². The predicted molar refractivity (Wildman–Crippen MR) is 67.4 cm³/mol. The molecule has 0 atom stereocenters. The van der Waals surface area contributed by atoms with Gasteiger partial charge in [-0.05, 0) is 17.7 Å². The molecule has 0 radical (unpaired) electrons. The van der Waals surface area contributed by atoms with E-state index in [1.165, 1.54) is 22.4 Å². The van der Waals surface area contributed by atoms with Crippen molar-refractivity contribution in [1.82, 2.24) is 0 Å². The Hall–Kier alpha value is -2.15. The van der Waals surface area contributed by atoms with Crippen molar-refractivity contribution in [3.63, 3.8) is 0 Å². The fourth-order valence-electron chi connectivity index (χ4n) is 1.94. The van der Waals surface area contributed by atoms with Crippen molar-refractivity contribution >= 4 is 23.6 Å². The summed E-state index contributed by atoms with van der Waals surface area (Å²) in [6.45, 7) is 0. The topological polar surface area (TPSA) is 14.0 Å². The molecular formula is C15H12N+. The number of nitrogens with one attached hydrogen (secondary N) is 1. The molecule has 0 aliphatic carbocycles. The van der Waals surface area contributed by atoms with Crippen LogP contribution in [0.3, 0.4) is 0 Å². The van der Waals surface area contributed by atoms with Crippen LogP contribution < -0.4 is 4.99 Å². The quantitative estimate of drug-likeness (QED) is 0.734. The Morgan fingerprint density at radius 1 is 0.812 bits per heavy atom. The molecule has 0 spiro atoms. The van der Waals surface area contributed by atoms with Crippen molar-refractivity contribution in [2.24, 2.45) is 0 Å². The summed E-state index contributed by atoms with van der Waals surface area (Å²) in [6, 6.07) is 18.7. The van der Waals surface area contributed by atoms with Gasteiger partial charge in [-0.25, -0.2) is 4.99 Å². The highest BCUT2D eigenvalue weighted by Crippen LogP contribution is 2.23. The average molecular weight is 206 g/mol. The molecule has 16 heavy (non-hydrogen) atoms. The molecule has 1 N–H and O–H groups in total. The van der Waals surface area contributed by atoms with Gasteiger partial charge < -0.3 is 0 Å². The van der Waals surface area contributed by atoms with Crippen molar-refractivity contribution in [1.29, 1.82) is 0 Å². The fraction of sp³-hybridized carbons (Fsp3) is 0. The average Bonchev–Trinajstić information content (AvgIpc) is 2.74. The molecule has 0 saturated carbocycles. The van der Waals surface area contributed by atoms with Crippen LogP contribution in [0.25, 0.3) is 11.6 Å². The van der Waals surface area contributed by atoms with Crippen LogP contribution in [-0.2, 0) is 0 Å². The van der Waals surface area contributed by atoms with E-state index in [1.807, 2.05) is 12.1 Å². The summed E-state index contributed by atoms with van der Waals surface area (Å²) in [6.07, 6.45) is 4.25. The van der Waals surface area contributed by atoms with Crippen LogP contribution in [0.1, 0.15) is 11.1 Å². The maximum atomic E-state index is 3.28. The Labute approximate surface area is 94.8 Å². The molecule has 2 aromatic rings. The van der Waals surface area contributed by atoms with Crippen LogP contribution in [0.4, 0.5) is 5.69 Å². The first-order valence-electron chi connectivity index (χ1n) is 5.39. The molecule has 1 aliphatic rings. The second kappa shape index (κ2) is 3.78. The van der Waals surface area contributed by atoms with Crippen molar-refractivity contribution in [3.8, 4) is 0 Å². The lowest BCUT2D eigenvalue weighted by atomic mass is 10.0. The molecule has 1 heterocycles. The lowest BCUT2D eigenvalue weighted by Gasteiger charge is -1.95. The van der Waals surface area contributed by atoms with Gasteiger partial charge in [0.15, 0.2) is 6.21 Å². The van der Waals surface area contributed by atoms with Gasteiger partial charge in [-0.1, -0.05) is 42.5 Å². The van der Waals surface area contributed by atoms with Gasteiger partial charge in [-0.15, -0.1) is 0 Å². The SMILES string of the molecule is C1=[NH+]c2ccccc2/C1=C/c1ccccc1. The van der Waals surface area contributed by atoms with Crippen molar-refractivity contribution < 1.29 is 4.99 Å². The Morgan fingerprint density at radius 2 is 1.56 bits per heavy atom. The largest absolute Gasteiger partial charge is 0.211 e. The molecule has 0 unspecified atom stereocenters. The lowest BCUT2D eigenvalue weighted by Crippen LogP contribution is -2.58. The van der Waals surface area contributed by atoms with Crippen LogP contribution in [0.15, 0.2) is 54.6 Å². The summed E-state index contributed by atoms with van der Waals surface area (Å²) in [5, 5.41) is 0. The summed E-state index contributed by atoms with van der Waals surface area (Å²) in [5.74, 6) is 0. The van der Waals surface area contributed by atoms with Crippen molar-refractivity contribution in [2.45, 2.75) is 0 Å². The zero-order valence-electron chi connectivity index (χ0n) is 8.85. The van der Waals surface area contributed by atoms with E-state index in [9.17, 15) is 0 Å². The van der Waals surface area contributed by atoms with Gasteiger partial charge in [0.25, 0.3) is 0 Å². The Balaban J connectivity index is 2.06. The third-order valence-electron chi connectivity index (χ3n) is 2.74. The van der Waals surface area contributed by atoms with E-state index in [0.717, 1.165) is 0 Å². The summed E-state index contributed by atoms with van der Waals surface area (Å²) in [7, 11) is 0. The minimum atomic E-state index is 1.18. The van der Waals surface area contributed by atoms with E-state index in [0.29, 0.717) is 0 Å². The summed E-state index contributed by atoms with van der Waals surface area (Å²) < 4.78 is 0. The van der Waals surface area contributed by atoms with Crippen LogP contribution in [0.2, 0.25) is 0 Å². The highest BCUT2D eigenvalue weighted by Gasteiger charge is 2.16. The first-order valence-corrected chi connectivity index (χ1v) is 5.39. The molecule has 1 aliphatic heterocycles. The third kappa shape index (κ3) is 1.57. The summed E-state index contributed by atoms with van der Waals surface area (Å²) in [4.78, 5) is 3.28. The highest BCUT2D eigenvalue weighted by atomic mass is 14.7. The molecular weight excluding hydrogens is 194 g/mol. The first-order chi connectivity index (χ1) is 7.93. The van der Waals surface area contributed by atoms with E-state index in [4.69, 9.17) is 0 Å². The number of rotatable bonds is 1. The fourth-order valence-corrected chi connectivity index (χ4v) is 1.94. The lowest BCUT2D eigenvalue weighted by molar-refractivity contribution is -0.342. The van der Waals surface area contributed by atoms with Crippen LogP contribution in [0, 0.1) is 0 Å². The Kier molecular flexibility index (Phi) is 2.15. The molecule has 0 aromatic heterocycles. The normalized spacial score (nSPS) is 15.4. The standard InChI is InChI=1S/C15H11N/c1-2-6-12(7-3-1)10-13-11-16-15-9-5-4-8-14(13)15/h1-11H/p+1/b13-10+. The zero-order chi connectivity index (χ0) is 10.8. The number of hydrogen-bond acceptors (Lipinski definition) is 0. The number of hydrogen-bond donors (Lipinski definition) is 1. The minimum Gasteiger partial charge on any atom is -0.210 e. The molecule has 3 rings (SSSR count). The molecule has 0 saturated heterocycles. The van der Waals surface area contributed by atoms with E-state index in [-0.39, 0.29) is 0 Å². The number of benzene rings is 2. The molecule has 1 heteroatoms. The van der Waals surface area contributed by atoms with Gasteiger partial charge >= 0.3 is 0 Å². The second-order valence-electron chi connectivity index (χ2n) is 3.84. The molecule has 0 fully saturated rings. The first kappa shape index (κ1) is 9.10. The predicted octanol–water partition coefficient (Wildman–Crippen LogP) is 2.02. The zero-order valence-corrected chi connectivity index (χ0v) is 8.85. The van der Waals surface area contributed by atoms with E-state index in [2.05, 4.69) is 59.7 Å². The minimum absolute atomic E-state index is 1.18. The van der Waals surface area contributed by atoms with Crippen LogP contribution in [0.5, 0.6) is 0 Å². The van der Waals surface area contributed by atoms with E-state index < -0.39 is 0 Å². The smallest absolute Gasteiger partial charge is 0.210 e. The maximum Gasteiger partial charge on any atom is 0.211 e. The van der Waals surface area contributed by atoms with Gasteiger partial charge in [0.1, 0.15) is 0 Å². The molecule has 1 nitrogen and oxygen atoms in total. The highest BCUT2D eigenvalue weighted by molar-refractivity contribution is 6.17. The Morgan fingerprint density at radius 3 is 2.44 bits per heavy atom. The second-order valence-corrected chi connectivity index (χ2v) is 3.84. The van der Waals surface area contributed by atoms with E-state index >= 15 is 0 Å². The van der Waals surface area contributed by atoms with Crippen LogP contribution >= 0.6 is 0 Å². The Bertz CT molecular complexity index is 565. The van der Waals surface area contributed by atoms with Crippen molar-refractivity contribution in [3.05, 3.63) is 65.7 Å². The van der Waals surface area contributed by atoms with Gasteiger partial charge in [-0.2, -0.15) is 0 Å². The van der Waals surface area contributed by atoms with Gasteiger partial charge in [-0.3, -0.25) is 0 Å². The maximum absolute atomic E-state index is 3.28. The van der Waals surface area contributed by atoms with Crippen LogP contribution in [-0.4, -0.2) is 6.21 Å². The monoisotopic (exact) mass is 206 g/mol. The molecule has 76 valence electrons. The number of fused-ring (bicyclic) bond motifs is 1. The van der Waals surface area contributed by atoms with Gasteiger partial charge in [0.2, 0.25) is 5.69 Å². The number of para-hydroxylation sites is 1. The third-order valence-corrected chi connectivity index (χ3v) is 2.74.